The molecule has 0 aromatic heterocycles. The van der Waals surface area contributed by atoms with Crippen LogP contribution in [0.15, 0.2) is 24.3 Å². The molecular weight excluding hydrogens is 172 g/mol. The van der Waals surface area contributed by atoms with Crippen molar-refractivity contribution in [3.05, 3.63) is 35.4 Å². The van der Waals surface area contributed by atoms with E-state index in [-0.39, 0.29) is 5.41 Å². The highest BCUT2D eigenvalue weighted by Gasteiger charge is 2.44. The molecule has 0 N–H and O–H groups in total. The predicted octanol–water partition coefficient (Wildman–Crippen LogP) is 2.87. The zero-order chi connectivity index (χ0) is 10.0. The second-order valence-corrected chi connectivity index (χ2v) is 4.22. The number of benzene rings is 1. The minimum atomic E-state index is -0.107. The highest BCUT2D eigenvalue weighted by Crippen LogP contribution is 2.46. The van der Waals surface area contributed by atoms with Crippen molar-refractivity contribution in [3.63, 3.8) is 0 Å². The second-order valence-electron chi connectivity index (χ2n) is 4.22. The third kappa shape index (κ3) is 1.59. The Morgan fingerprint density at radius 2 is 2.21 bits per heavy atom. The van der Waals surface area contributed by atoms with Gasteiger partial charge in [0.05, 0.1) is 5.41 Å². The van der Waals surface area contributed by atoms with Crippen LogP contribution in [-0.4, -0.2) is 6.29 Å². The molecule has 1 fully saturated rings. The van der Waals surface area contributed by atoms with Crippen LogP contribution in [0.25, 0.3) is 0 Å². The van der Waals surface area contributed by atoms with Gasteiger partial charge >= 0.3 is 0 Å². The van der Waals surface area contributed by atoms with Crippen LogP contribution in [0.4, 0.5) is 0 Å². The zero-order valence-electron chi connectivity index (χ0n) is 8.62. The Morgan fingerprint density at radius 3 is 2.79 bits per heavy atom. The van der Waals surface area contributed by atoms with Crippen molar-refractivity contribution < 1.29 is 4.79 Å². The van der Waals surface area contributed by atoms with Gasteiger partial charge in [0.1, 0.15) is 6.29 Å². The predicted molar refractivity (Wildman–Crippen MR) is 57.4 cm³/mol. The van der Waals surface area contributed by atoms with Crippen LogP contribution in [0.2, 0.25) is 0 Å². The first kappa shape index (κ1) is 9.45. The Hall–Kier alpha value is -1.11. The molecule has 0 amide bonds. The molecule has 1 aliphatic rings. The minimum Gasteiger partial charge on any atom is -0.302 e. The number of hydrogen-bond donors (Lipinski definition) is 0. The van der Waals surface area contributed by atoms with Gasteiger partial charge in [-0.05, 0) is 30.4 Å². The van der Waals surface area contributed by atoms with E-state index in [1.807, 2.05) is 0 Å². The molecule has 1 saturated carbocycles. The summed E-state index contributed by atoms with van der Waals surface area (Å²) in [4.78, 5) is 11.0. The van der Waals surface area contributed by atoms with Crippen LogP contribution < -0.4 is 0 Å². The van der Waals surface area contributed by atoms with E-state index in [2.05, 4.69) is 31.2 Å². The fourth-order valence-electron chi connectivity index (χ4n) is 1.93. The fraction of sp³-hybridized carbons (Fsp3) is 0.462. The molecule has 0 heterocycles. The summed E-state index contributed by atoms with van der Waals surface area (Å²) in [6.45, 7) is 2.18. The van der Waals surface area contributed by atoms with E-state index in [4.69, 9.17) is 0 Å². The van der Waals surface area contributed by atoms with Gasteiger partial charge in [0.2, 0.25) is 0 Å². The van der Waals surface area contributed by atoms with Crippen LogP contribution in [-0.2, 0) is 16.6 Å². The Kier molecular flexibility index (Phi) is 2.40. The van der Waals surface area contributed by atoms with E-state index >= 15 is 0 Å². The second kappa shape index (κ2) is 3.56. The molecule has 14 heavy (non-hydrogen) atoms. The summed E-state index contributed by atoms with van der Waals surface area (Å²) in [5, 5.41) is 0. The molecule has 74 valence electrons. The molecule has 1 nitrogen and oxygen atoms in total. The first-order valence-corrected chi connectivity index (χ1v) is 5.36. The molecule has 0 radical (unpaired) electrons. The molecular formula is C13H16O. The lowest BCUT2D eigenvalue weighted by Crippen LogP contribution is -2.07. The van der Waals surface area contributed by atoms with Gasteiger partial charge in [0, 0.05) is 0 Å². The van der Waals surface area contributed by atoms with E-state index < -0.39 is 0 Å². The van der Waals surface area contributed by atoms with Crippen LogP contribution >= 0.6 is 0 Å². The SMILES string of the molecule is CCCc1cccc(C2(C=O)CC2)c1. The van der Waals surface area contributed by atoms with Gasteiger partial charge in [-0.15, -0.1) is 0 Å². The molecule has 1 heteroatoms. The van der Waals surface area contributed by atoms with Gasteiger partial charge in [0.25, 0.3) is 0 Å². The summed E-state index contributed by atoms with van der Waals surface area (Å²) in [6.07, 6.45) is 5.47. The topological polar surface area (TPSA) is 17.1 Å². The van der Waals surface area contributed by atoms with E-state index in [0.29, 0.717) is 0 Å². The summed E-state index contributed by atoms with van der Waals surface area (Å²) >= 11 is 0. The van der Waals surface area contributed by atoms with E-state index in [9.17, 15) is 4.79 Å². The molecule has 1 aromatic carbocycles. The fourth-order valence-corrected chi connectivity index (χ4v) is 1.93. The number of carbonyl (C=O) groups excluding carboxylic acids is 1. The molecule has 0 aliphatic heterocycles. The van der Waals surface area contributed by atoms with Crippen molar-refractivity contribution in [3.8, 4) is 0 Å². The molecule has 0 spiro atoms. The Bertz CT molecular complexity index is 337. The first-order valence-electron chi connectivity index (χ1n) is 5.36. The maximum absolute atomic E-state index is 11.0. The van der Waals surface area contributed by atoms with Crippen molar-refractivity contribution in [1.82, 2.24) is 0 Å². The van der Waals surface area contributed by atoms with Gasteiger partial charge in [-0.3, -0.25) is 0 Å². The first-order chi connectivity index (χ1) is 6.80. The average molecular weight is 188 g/mol. The van der Waals surface area contributed by atoms with Crippen molar-refractivity contribution in [2.75, 3.05) is 0 Å². The lowest BCUT2D eigenvalue weighted by molar-refractivity contribution is -0.109. The van der Waals surface area contributed by atoms with E-state index in [1.165, 1.54) is 11.1 Å². The Labute approximate surface area is 85.1 Å². The van der Waals surface area contributed by atoms with Crippen molar-refractivity contribution in [2.45, 2.75) is 38.0 Å². The quantitative estimate of drug-likeness (QED) is 0.664. The van der Waals surface area contributed by atoms with Gasteiger partial charge in [-0.2, -0.15) is 0 Å². The molecule has 1 aromatic rings. The molecule has 0 atom stereocenters. The number of aldehydes is 1. The smallest absolute Gasteiger partial charge is 0.130 e. The van der Waals surface area contributed by atoms with Crippen molar-refractivity contribution in [2.24, 2.45) is 0 Å². The average Bonchev–Trinajstić information content (AvgIpc) is 2.99. The molecule has 2 rings (SSSR count). The summed E-state index contributed by atoms with van der Waals surface area (Å²) in [5.74, 6) is 0. The van der Waals surface area contributed by atoms with Gasteiger partial charge in [-0.25, -0.2) is 0 Å². The Morgan fingerprint density at radius 1 is 1.43 bits per heavy atom. The van der Waals surface area contributed by atoms with Crippen molar-refractivity contribution in [1.29, 1.82) is 0 Å². The third-order valence-electron chi connectivity index (χ3n) is 3.05. The van der Waals surface area contributed by atoms with E-state index in [1.54, 1.807) is 0 Å². The highest BCUT2D eigenvalue weighted by atomic mass is 16.1. The summed E-state index contributed by atoms with van der Waals surface area (Å²) in [5.41, 5.74) is 2.47. The zero-order valence-corrected chi connectivity index (χ0v) is 8.62. The highest BCUT2D eigenvalue weighted by molar-refractivity contribution is 5.73. The van der Waals surface area contributed by atoms with Crippen LogP contribution in [0, 0.1) is 0 Å². The van der Waals surface area contributed by atoms with Crippen LogP contribution in [0.5, 0.6) is 0 Å². The molecule has 0 bridgehead atoms. The lowest BCUT2D eigenvalue weighted by Gasteiger charge is -2.09. The molecule has 0 saturated heterocycles. The number of hydrogen-bond acceptors (Lipinski definition) is 1. The Balaban J connectivity index is 2.26. The van der Waals surface area contributed by atoms with Gasteiger partial charge in [-0.1, -0.05) is 37.6 Å². The van der Waals surface area contributed by atoms with Crippen molar-refractivity contribution >= 4 is 6.29 Å². The van der Waals surface area contributed by atoms with E-state index in [0.717, 1.165) is 32.0 Å². The number of rotatable bonds is 4. The maximum atomic E-state index is 11.0. The summed E-state index contributed by atoms with van der Waals surface area (Å²) in [7, 11) is 0. The molecule has 0 unspecified atom stereocenters. The minimum absolute atomic E-state index is 0.107. The normalized spacial score (nSPS) is 17.8. The standard InChI is InChI=1S/C13H16O/c1-2-4-11-5-3-6-12(9-11)13(10-14)7-8-13/h3,5-6,9-10H,2,4,7-8H2,1H3. The van der Waals surface area contributed by atoms with Gasteiger partial charge < -0.3 is 4.79 Å². The largest absolute Gasteiger partial charge is 0.302 e. The maximum Gasteiger partial charge on any atom is 0.130 e. The monoisotopic (exact) mass is 188 g/mol. The van der Waals surface area contributed by atoms with Crippen LogP contribution in [0.3, 0.4) is 0 Å². The third-order valence-corrected chi connectivity index (χ3v) is 3.05. The van der Waals surface area contributed by atoms with Gasteiger partial charge in [0.15, 0.2) is 0 Å². The summed E-state index contributed by atoms with van der Waals surface area (Å²) in [6, 6.07) is 8.50. The lowest BCUT2D eigenvalue weighted by atomic mass is 9.95. The molecule has 1 aliphatic carbocycles. The summed E-state index contributed by atoms with van der Waals surface area (Å²) < 4.78 is 0. The number of aryl methyl sites for hydroxylation is 1. The number of carbonyl (C=O) groups is 1. The van der Waals surface area contributed by atoms with Crippen LogP contribution in [0.1, 0.15) is 37.3 Å².